The van der Waals surface area contributed by atoms with Crippen molar-refractivity contribution >= 4 is 0 Å². The zero-order valence-corrected chi connectivity index (χ0v) is 7.46. The summed E-state index contributed by atoms with van der Waals surface area (Å²) in [6.45, 7) is 0. The van der Waals surface area contributed by atoms with Gasteiger partial charge in [-0.1, -0.05) is 29.1 Å². The summed E-state index contributed by atoms with van der Waals surface area (Å²) in [6, 6.07) is 9.60. The molecule has 0 aliphatic rings. The van der Waals surface area contributed by atoms with E-state index >= 15 is 0 Å². The minimum Gasteiger partial charge on any atom is -0.363 e. The molecule has 0 N–H and O–H groups in total. The van der Waals surface area contributed by atoms with Crippen molar-refractivity contribution in [3.63, 3.8) is 0 Å². The second kappa shape index (κ2) is 4.16. The van der Waals surface area contributed by atoms with Gasteiger partial charge in [-0.25, -0.2) is 5.10 Å². The topological polar surface area (TPSA) is 43.6 Å². The van der Waals surface area contributed by atoms with Crippen LogP contribution in [0, 0.1) is 6.33 Å². The van der Waals surface area contributed by atoms with Crippen molar-refractivity contribution in [3.05, 3.63) is 36.7 Å². The van der Waals surface area contributed by atoms with E-state index in [1.54, 1.807) is 0 Å². The number of benzene rings is 1. The molecular formula is C7H5AgN4. The van der Waals surface area contributed by atoms with E-state index in [1.165, 1.54) is 4.68 Å². The van der Waals surface area contributed by atoms with E-state index < -0.39 is 0 Å². The average Bonchev–Trinajstić information content (AvgIpc) is 2.58. The van der Waals surface area contributed by atoms with E-state index in [1.807, 2.05) is 30.3 Å². The first-order chi connectivity index (χ1) is 5.47. The number of nitrogens with zero attached hydrogens (tertiary/aromatic N) is 4. The first-order valence-corrected chi connectivity index (χ1v) is 3.18. The zero-order chi connectivity index (χ0) is 7.52. The molecule has 2 aromatic rings. The number of hydrogen-bond donors (Lipinski definition) is 0. The molecule has 0 radical (unpaired) electrons. The molecule has 0 saturated carbocycles. The van der Waals surface area contributed by atoms with Crippen molar-refractivity contribution < 1.29 is 22.4 Å². The Hall–Kier alpha value is -0.970. The van der Waals surface area contributed by atoms with Crippen LogP contribution in [0.4, 0.5) is 0 Å². The van der Waals surface area contributed by atoms with Crippen molar-refractivity contribution in [1.29, 1.82) is 0 Å². The van der Waals surface area contributed by atoms with E-state index in [2.05, 4.69) is 21.9 Å². The van der Waals surface area contributed by atoms with E-state index in [0.29, 0.717) is 0 Å². The number of tetrazole rings is 1. The van der Waals surface area contributed by atoms with Crippen LogP contribution in [0.15, 0.2) is 30.3 Å². The van der Waals surface area contributed by atoms with E-state index in [0.717, 1.165) is 5.69 Å². The molecule has 0 atom stereocenters. The molecule has 0 fully saturated rings. The van der Waals surface area contributed by atoms with Gasteiger partial charge in [-0.05, 0) is 11.5 Å². The van der Waals surface area contributed by atoms with E-state index in [-0.39, 0.29) is 22.4 Å². The molecule has 0 spiro atoms. The van der Waals surface area contributed by atoms with Crippen LogP contribution in [0.3, 0.4) is 0 Å². The van der Waals surface area contributed by atoms with Crippen LogP contribution in [0.5, 0.6) is 0 Å². The molecule has 0 bridgehead atoms. The average molecular weight is 253 g/mol. The Morgan fingerprint density at radius 2 is 1.92 bits per heavy atom. The Morgan fingerprint density at radius 3 is 2.50 bits per heavy atom. The second-order valence-electron chi connectivity index (χ2n) is 2.03. The number of hydrogen-bond acceptors (Lipinski definition) is 3. The smallest absolute Gasteiger partial charge is 0.363 e. The third kappa shape index (κ3) is 1.79. The van der Waals surface area contributed by atoms with Crippen LogP contribution in [-0.2, 0) is 22.4 Å². The van der Waals surface area contributed by atoms with Crippen molar-refractivity contribution in [1.82, 2.24) is 20.2 Å². The van der Waals surface area contributed by atoms with Crippen LogP contribution in [0.2, 0.25) is 0 Å². The maximum atomic E-state index is 3.69. The third-order valence-corrected chi connectivity index (χ3v) is 1.31. The maximum Gasteiger partial charge on any atom is 1.00 e. The Kier molecular flexibility index (Phi) is 3.16. The molecule has 0 aliphatic carbocycles. The summed E-state index contributed by atoms with van der Waals surface area (Å²) in [4.78, 5) is 0. The van der Waals surface area contributed by atoms with E-state index in [9.17, 15) is 0 Å². The van der Waals surface area contributed by atoms with Gasteiger partial charge in [0.25, 0.3) is 0 Å². The summed E-state index contributed by atoms with van der Waals surface area (Å²) in [5.74, 6) is 0. The van der Waals surface area contributed by atoms with Crippen LogP contribution in [0.1, 0.15) is 0 Å². The minimum atomic E-state index is 0. The van der Waals surface area contributed by atoms with Gasteiger partial charge in [-0.15, -0.1) is 12.1 Å². The summed E-state index contributed by atoms with van der Waals surface area (Å²) in [5, 5.41) is 10.6. The second-order valence-corrected chi connectivity index (χ2v) is 2.03. The monoisotopic (exact) mass is 252 g/mol. The quantitative estimate of drug-likeness (QED) is 0.547. The maximum absolute atomic E-state index is 3.69. The van der Waals surface area contributed by atoms with Crippen molar-refractivity contribution in [2.24, 2.45) is 0 Å². The van der Waals surface area contributed by atoms with Crippen molar-refractivity contribution in [2.75, 3.05) is 0 Å². The molecule has 0 unspecified atom stereocenters. The molecule has 4 nitrogen and oxygen atoms in total. The molecule has 12 heavy (non-hydrogen) atoms. The van der Waals surface area contributed by atoms with Crippen molar-refractivity contribution in [2.45, 2.75) is 0 Å². The number of aromatic nitrogens is 4. The van der Waals surface area contributed by atoms with Gasteiger partial charge >= 0.3 is 22.4 Å². The molecule has 5 heteroatoms. The molecule has 2 rings (SSSR count). The summed E-state index contributed by atoms with van der Waals surface area (Å²) in [5.41, 5.74) is 0.914. The fourth-order valence-corrected chi connectivity index (χ4v) is 0.821. The van der Waals surface area contributed by atoms with Gasteiger partial charge in [0, 0.05) is 0 Å². The normalized spacial score (nSPS) is 9.00. The summed E-state index contributed by atoms with van der Waals surface area (Å²) in [6.07, 6.45) is 2.60. The van der Waals surface area contributed by atoms with Crippen molar-refractivity contribution in [3.8, 4) is 5.69 Å². The fraction of sp³-hybridized carbons (Fsp3) is 0. The van der Waals surface area contributed by atoms with Crippen LogP contribution in [0.25, 0.3) is 5.69 Å². The van der Waals surface area contributed by atoms with Gasteiger partial charge in [-0.3, -0.25) is 0 Å². The van der Waals surface area contributed by atoms with Gasteiger partial charge in [0.15, 0.2) is 0 Å². The summed E-state index contributed by atoms with van der Waals surface area (Å²) < 4.78 is 1.49. The number of para-hydroxylation sites is 1. The van der Waals surface area contributed by atoms with Gasteiger partial charge < -0.3 is 4.68 Å². The van der Waals surface area contributed by atoms with Gasteiger partial charge in [0.2, 0.25) is 0 Å². The molecule has 0 saturated heterocycles. The Bertz CT molecular complexity index is 318. The predicted octanol–water partition coefficient (Wildman–Crippen LogP) is 0.460. The van der Waals surface area contributed by atoms with Gasteiger partial charge in [0.1, 0.15) is 0 Å². The van der Waals surface area contributed by atoms with Gasteiger partial charge in [0.05, 0.1) is 0 Å². The fourth-order valence-electron chi connectivity index (χ4n) is 0.821. The summed E-state index contributed by atoms with van der Waals surface area (Å²) in [7, 11) is 0. The SMILES string of the molecule is [Ag+].[c-]1nnnn1-c1ccccc1. The largest absolute Gasteiger partial charge is 1.00 e. The van der Waals surface area contributed by atoms with Crippen LogP contribution < -0.4 is 0 Å². The molecule has 64 valence electrons. The third-order valence-electron chi connectivity index (χ3n) is 1.31. The van der Waals surface area contributed by atoms with Gasteiger partial charge in [-0.2, -0.15) is 0 Å². The zero-order valence-electron chi connectivity index (χ0n) is 5.98. The Labute approximate surface area is 85.1 Å². The first kappa shape index (κ1) is 9.12. The molecule has 1 aromatic heterocycles. The molecular weight excluding hydrogens is 248 g/mol. The standard InChI is InChI=1S/C7H5N4.Ag/c1-2-4-7(5-3-1)11-6-8-9-10-11;/h1-5H;/q-1;+1. The molecule has 1 aromatic carbocycles. The number of rotatable bonds is 1. The van der Waals surface area contributed by atoms with E-state index in [4.69, 9.17) is 0 Å². The Morgan fingerprint density at radius 1 is 1.17 bits per heavy atom. The predicted molar refractivity (Wildman–Crippen MR) is 38.0 cm³/mol. The van der Waals surface area contributed by atoms with Crippen LogP contribution in [-0.4, -0.2) is 20.2 Å². The summed E-state index contributed by atoms with van der Waals surface area (Å²) >= 11 is 0. The minimum absolute atomic E-state index is 0. The molecule has 0 amide bonds. The molecule has 0 aliphatic heterocycles. The molecule has 1 heterocycles. The van der Waals surface area contributed by atoms with Crippen LogP contribution >= 0.6 is 0 Å². The first-order valence-electron chi connectivity index (χ1n) is 3.18. The Balaban J connectivity index is 0.000000720.